The van der Waals surface area contributed by atoms with Crippen molar-refractivity contribution in [3.05, 3.63) is 18.2 Å². The Bertz CT molecular complexity index is 505. The van der Waals surface area contributed by atoms with Crippen LogP contribution in [0.25, 0.3) is 0 Å². The molecule has 20 heavy (non-hydrogen) atoms. The number of amidine groups is 1. The van der Waals surface area contributed by atoms with E-state index in [1.165, 1.54) is 0 Å². The van der Waals surface area contributed by atoms with Gasteiger partial charge in [0.15, 0.2) is 5.17 Å². The summed E-state index contributed by atoms with van der Waals surface area (Å²) in [6.45, 7) is 4.39. The van der Waals surface area contributed by atoms with E-state index in [2.05, 4.69) is 19.2 Å². The second kappa shape index (κ2) is 6.39. The Labute approximate surface area is 125 Å². The third kappa shape index (κ3) is 3.39. The maximum atomic E-state index is 5.38. The molecule has 0 spiro atoms. The zero-order chi connectivity index (χ0) is 14.6. The van der Waals surface area contributed by atoms with Gasteiger partial charge in [0.1, 0.15) is 11.5 Å². The summed E-state index contributed by atoms with van der Waals surface area (Å²) >= 11 is 1.75. The molecule has 1 aromatic carbocycles. The SMILES string of the molecule is CCC1(C)CCSC(Nc2cc(OC)ccc2OC)=N1. The lowest BCUT2D eigenvalue weighted by Crippen LogP contribution is -2.29. The van der Waals surface area contributed by atoms with E-state index in [0.29, 0.717) is 0 Å². The van der Waals surface area contributed by atoms with Crippen molar-refractivity contribution in [1.82, 2.24) is 0 Å². The van der Waals surface area contributed by atoms with Crippen LogP contribution < -0.4 is 14.8 Å². The first-order valence-corrected chi connectivity index (χ1v) is 7.80. The fourth-order valence-corrected chi connectivity index (χ4v) is 3.25. The number of aliphatic imine (C=N–C) groups is 1. The first-order valence-electron chi connectivity index (χ1n) is 6.82. The van der Waals surface area contributed by atoms with E-state index in [-0.39, 0.29) is 5.54 Å². The van der Waals surface area contributed by atoms with Crippen molar-refractivity contribution in [2.45, 2.75) is 32.2 Å². The minimum atomic E-state index is 0.0414. The van der Waals surface area contributed by atoms with Gasteiger partial charge in [0.05, 0.1) is 25.4 Å². The molecule has 0 bridgehead atoms. The van der Waals surface area contributed by atoms with Crippen molar-refractivity contribution >= 4 is 22.6 Å². The monoisotopic (exact) mass is 294 g/mol. The first kappa shape index (κ1) is 15.0. The molecule has 1 aliphatic heterocycles. The standard InChI is InChI=1S/C15H22N2O2S/c1-5-15(2)8-9-20-14(17-15)16-12-10-11(18-3)6-7-13(12)19-4/h6-7,10H,5,8-9H2,1-4H3,(H,16,17). The third-order valence-corrected chi connectivity index (χ3v) is 4.54. The summed E-state index contributed by atoms with van der Waals surface area (Å²) in [6, 6.07) is 5.71. The van der Waals surface area contributed by atoms with Crippen LogP contribution in [0.5, 0.6) is 11.5 Å². The smallest absolute Gasteiger partial charge is 0.161 e. The molecule has 0 aromatic heterocycles. The molecule has 4 nitrogen and oxygen atoms in total. The minimum Gasteiger partial charge on any atom is -0.497 e. The zero-order valence-electron chi connectivity index (χ0n) is 12.5. The lowest BCUT2D eigenvalue weighted by atomic mass is 9.97. The van der Waals surface area contributed by atoms with Crippen LogP contribution in [0.1, 0.15) is 26.7 Å². The molecule has 0 radical (unpaired) electrons. The predicted molar refractivity (Wildman–Crippen MR) is 86.4 cm³/mol. The van der Waals surface area contributed by atoms with Gasteiger partial charge in [-0.15, -0.1) is 0 Å². The third-order valence-electron chi connectivity index (χ3n) is 3.66. The van der Waals surface area contributed by atoms with Crippen LogP contribution in [0.2, 0.25) is 0 Å². The number of hydrogen-bond donors (Lipinski definition) is 1. The second-order valence-electron chi connectivity index (χ2n) is 5.06. The predicted octanol–water partition coefficient (Wildman–Crippen LogP) is 3.78. The molecule has 0 saturated carbocycles. The molecule has 1 atom stereocenters. The summed E-state index contributed by atoms with van der Waals surface area (Å²) in [5.74, 6) is 2.67. The van der Waals surface area contributed by atoms with Gasteiger partial charge in [-0.3, -0.25) is 4.99 Å². The Hall–Kier alpha value is -1.36. The molecule has 110 valence electrons. The van der Waals surface area contributed by atoms with E-state index >= 15 is 0 Å². The van der Waals surface area contributed by atoms with Crippen LogP contribution in [0.3, 0.4) is 0 Å². The molecule has 1 N–H and O–H groups in total. The van der Waals surface area contributed by atoms with Crippen LogP contribution in [0.4, 0.5) is 5.69 Å². The Kier molecular flexibility index (Phi) is 4.81. The molecule has 5 heteroatoms. The lowest BCUT2D eigenvalue weighted by molar-refractivity contribution is 0.405. The van der Waals surface area contributed by atoms with Crippen molar-refractivity contribution in [2.24, 2.45) is 4.99 Å². The number of benzene rings is 1. The Morgan fingerprint density at radius 1 is 1.35 bits per heavy atom. The van der Waals surface area contributed by atoms with Gasteiger partial charge in [0, 0.05) is 11.8 Å². The zero-order valence-corrected chi connectivity index (χ0v) is 13.3. The Balaban J connectivity index is 2.25. The Morgan fingerprint density at radius 2 is 2.15 bits per heavy atom. The number of thioether (sulfide) groups is 1. The summed E-state index contributed by atoms with van der Waals surface area (Å²) < 4.78 is 10.6. The number of ether oxygens (including phenoxy) is 2. The second-order valence-corrected chi connectivity index (χ2v) is 6.14. The summed E-state index contributed by atoms with van der Waals surface area (Å²) in [4.78, 5) is 4.83. The van der Waals surface area contributed by atoms with Crippen LogP contribution in [-0.4, -0.2) is 30.7 Å². The number of hydrogen-bond acceptors (Lipinski definition) is 5. The molecule has 2 rings (SSSR count). The number of anilines is 1. The van der Waals surface area contributed by atoms with Gasteiger partial charge in [-0.25, -0.2) is 0 Å². The van der Waals surface area contributed by atoms with Crippen LogP contribution in [0.15, 0.2) is 23.2 Å². The number of nitrogens with one attached hydrogen (secondary N) is 1. The quantitative estimate of drug-likeness (QED) is 0.917. The van der Waals surface area contributed by atoms with Crippen molar-refractivity contribution in [3.63, 3.8) is 0 Å². The van der Waals surface area contributed by atoms with Crippen molar-refractivity contribution in [2.75, 3.05) is 25.3 Å². The lowest BCUT2D eigenvalue weighted by Gasteiger charge is -2.29. The Morgan fingerprint density at radius 3 is 2.80 bits per heavy atom. The molecule has 1 aromatic rings. The summed E-state index contributed by atoms with van der Waals surface area (Å²) in [5.41, 5.74) is 0.929. The molecule has 0 aliphatic carbocycles. The number of methoxy groups -OCH3 is 2. The first-order chi connectivity index (χ1) is 9.60. The van der Waals surface area contributed by atoms with Gasteiger partial charge in [-0.1, -0.05) is 18.7 Å². The van der Waals surface area contributed by atoms with E-state index in [9.17, 15) is 0 Å². The normalized spacial score (nSPS) is 22.1. The molecule has 1 heterocycles. The maximum Gasteiger partial charge on any atom is 0.161 e. The summed E-state index contributed by atoms with van der Waals surface area (Å²) in [7, 11) is 3.32. The van der Waals surface area contributed by atoms with Crippen LogP contribution in [0, 0.1) is 0 Å². The van der Waals surface area contributed by atoms with Crippen LogP contribution in [-0.2, 0) is 0 Å². The van der Waals surface area contributed by atoms with Gasteiger partial charge in [-0.2, -0.15) is 0 Å². The molecule has 0 fully saturated rings. The van der Waals surface area contributed by atoms with Gasteiger partial charge in [0.25, 0.3) is 0 Å². The van der Waals surface area contributed by atoms with Crippen molar-refractivity contribution < 1.29 is 9.47 Å². The van der Waals surface area contributed by atoms with Gasteiger partial charge < -0.3 is 14.8 Å². The van der Waals surface area contributed by atoms with Crippen molar-refractivity contribution in [1.29, 1.82) is 0 Å². The van der Waals surface area contributed by atoms with E-state index in [1.54, 1.807) is 26.0 Å². The van der Waals surface area contributed by atoms with Gasteiger partial charge >= 0.3 is 0 Å². The molecule has 0 saturated heterocycles. The maximum absolute atomic E-state index is 5.38. The van der Waals surface area contributed by atoms with E-state index in [0.717, 1.165) is 40.9 Å². The highest BCUT2D eigenvalue weighted by atomic mass is 32.2. The average Bonchev–Trinajstić information content (AvgIpc) is 2.47. The highest BCUT2D eigenvalue weighted by Crippen LogP contribution is 2.33. The largest absolute Gasteiger partial charge is 0.497 e. The molecule has 1 aliphatic rings. The summed E-state index contributed by atoms with van der Waals surface area (Å²) in [6.07, 6.45) is 2.17. The summed E-state index contributed by atoms with van der Waals surface area (Å²) in [5, 5.41) is 4.32. The number of nitrogens with zero attached hydrogens (tertiary/aromatic N) is 1. The minimum absolute atomic E-state index is 0.0414. The van der Waals surface area contributed by atoms with E-state index in [1.807, 2.05) is 18.2 Å². The highest BCUT2D eigenvalue weighted by Gasteiger charge is 2.26. The van der Waals surface area contributed by atoms with Crippen LogP contribution >= 0.6 is 11.8 Å². The number of rotatable bonds is 4. The highest BCUT2D eigenvalue weighted by molar-refractivity contribution is 8.14. The van der Waals surface area contributed by atoms with Gasteiger partial charge in [0.2, 0.25) is 0 Å². The average molecular weight is 294 g/mol. The fourth-order valence-electron chi connectivity index (χ4n) is 2.05. The van der Waals surface area contributed by atoms with Crippen molar-refractivity contribution in [3.8, 4) is 11.5 Å². The molecule has 0 amide bonds. The van der Waals surface area contributed by atoms with E-state index < -0.39 is 0 Å². The van der Waals surface area contributed by atoms with E-state index in [4.69, 9.17) is 14.5 Å². The topological polar surface area (TPSA) is 42.8 Å². The molecule has 1 unspecified atom stereocenters. The molecular weight excluding hydrogens is 272 g/mol. The molecular formula is C15H22N2O2S. The fraction of sp³-hybridized carbons (Fsp3) is 0.533. The van der Waals surface area contributed by atoms with Gasteiger partial charge in [-0.05, 0) is 31.9 Å².